The molecule has 2 aromatic carbocycles. The number of fused-ring (bicyclic) bond motifs is 3. The van der Waals surface area contributed by atoms with Crippen LogP contribution in [0.4, 0.5) is 4.79 Å². The highest BCUT2D eigenvalue weighted by atomic mass is 16.6. The normalized spacial score (nSPS) is 12.5. The third-order valence-electron chi connectivity index (χ3n) is 4.21. The zero-order chi connectivity index (χ0) is 16.8. The zero-order valence-corrected chi connectivity index (χ0v) is 13.7. The molecule has 1 aliphatic rings. The fourth-order valence-corrected chi connectivity index (χ4v) is 3.10. The number of alkyl carbamates (subject to hydrolysis) is 1. The molecule has 5 nitrogen and oxygen atoms in total. The lowest BCUT2D eigenvalue weighted by atomic mass is 9.98. The smallest absolute Gasteiger partial charge is 0.407 e. The lowest BCUT2D eigenvalue weighted by Crippen LogP contribution is -2.28. The Morgan fingerprint density at radius 1 is 1.00 bits per heavy atom. The van der Waals surface area contributed by atoms with Crippen molar-refractivity contribution in [1.82, 2.24) is 10.8 Å². The predicted octanol–water partition coefficient (Wildman–Crippen LogP) is 3.07. The summed E-state index contributed by atoms with van der Waals surface area (Å²) in [6, 6.07) is 16.6. The number of hydrogen-bond donors (Lipinski definition) is 2. The van der Waals surface area contributed by atoms with E-state index < -0.39 is 0 Å². The van der Waals surface area contributed by atoms with E-state index in [4.69, 9.17) is 9.57 Å². The Kier molecular flexibility index (Phi) is 5.46. The number of amides is 1. The van der Waals surface area contributed by atoms with Crippen molar-refractivity contribution in [1.29, 1.82) is 0 Å². The Balaban J connectivity index is 1.58. The minimum absolute atomic E-state index is 0.0957. The number of benzene rings is 2. The van der Waals surface area contributed by atoms with Gasteiger partial charge in [0.1, 0.15) is 6.61 Å². The highest BCUT2D eigenvalue weighted by Crippen LogP contribution is 2.44. The molecule has 126 valence electrons. The van der Waals surface area contributed by atoms with Crippen molar-refractivity contribution in [2.24, 2.45) is 0 Å². The van der Waals surface area contributed by atoms with Gasteiger partial charge in [-0.2, -0.15) is 0 Å². The number of hydrogen-bond acceptors (Lipinski definition) is 4. The minimum atomic E-state index is -0.380. The van der Waals surface area contributed by atoms with Crippen molar-refractivity contribution in [2.75, 3.05) is 26.8 Å². The first-order chi connectivity index (χ1) is 11.8. The van der Waals surface area contributed by atoms with Crippen molar-refractivity contribution >= 4 is 6.09 Å². The van der Waals surface area contributed by atoms with Gasteiger partial charge in [-0.15, -0.1) is 0 Å². The third-order valence-corrected chi connectivity index (χ3v) is 4.21. The Morgan fingerprint density at radius 2 is 1.62 bits per heavy atom. The molecular weight excluding hydrogens is 304 g/mol. The first-order valence-corrected chi connectivity index (χ1v) is 8.16. The Morgan fingerprint density at radius 3 is 2.25 bits per heavy atom. The maximum atomic E-state index is 11.9. The number of ether oxygens (including phenoxy) is 1. The zero-order valence-electron chi connectivity index (χ0n) is 13.7. The SMILES string of the molecule is CONCCCNC(=O)OCC1c2ccccc2-c2ccccc21. The van der Waals surface area contributed by atoms with E-state index in [1.807, 2.05) is 24.3 Å². The number of rotatable bonds is 7. The molecule has 0 bridgehead atoms. The summed E-state index contributed by atoms with van der Waals surface area (Å²) in [5, 5.41) is 2.76. The highest BCUT2D eigenvalue weighted by Gasteiger charge is 2.28. The lowest BCUT2D eigenvalue weighted by molar-refractivity contribution is 0.0905. The molecule has 0 radical (unpaired) electrons. The Hall–Kier alpha value is -2.37. The van der Waals surface area contributed by atoms with E-state index in [1.54, 1.807) is 7.11 Å². The average molecular weight is 326 g/mol. The van der Waals surface area contributed by atoms with Gasteiger partial charge in [-0.25, -0.2) is 10.3 Å². The number of hydroxylamine groups is 1. The van der Waals surface area contributed by atoms with Gasteiger partial charge in [0, 0.05) is 19.0 Å². The van der Waals surface area contributed by atoms with Crippen molar-refractivity contribution in [3.8, 4) is 11.1 Å². The van der Waals surface area contributed by atoms with Crippen LogP contribution in [0.1, 0.15) is 23.5 Å². The van der Waals surface area contributed by atoms with E-state index in [-0.39, 0.29) is 12.0 Å². The van der Waals surface area contributed by atoms with Crippen molar-refractivity contribution in [2.45, 2.75) is 12.3 Å². The van der Waals surface area contributed by atoms with Gasteiger partial charge in [-0.1, -0.05) is 48.5 Å². The van der Waals surface area contributed by atoms with Gasteiger partial charge in [0.25, 0.3) is 0 Å². The summed E-state index contributed by atoms with van der Waals surface area (Å²) < 4.78 is 5.44. The van der Waals surface area contributed by atoms with Crippen LogP contribution in [0.25, 0.3) is 11.1 Å². The van der Waals surface area contributed by atoms with E-state index in [0.717, 1.165) is 6.42 Å². The first kappa shape index (κ1) is 16.5. The molecule has 5 heteroatoms. The molecule has 3 rings (SSSR count). The summed E-state index contributed by atoms with van der Waals surface area (Å²) in [7, 11) is 1.57. The molecule has 0 unspecified atom stereocenters. The molecule has 2 N–H and O–H groups in total. The van der Waals surface area contributed by atoms with Crippen LogP contribution in [0.3, 0.4) is 0 Å². The topological polar surface area (TPSA) is 59.6 Å². The molecule has 1 amide bonds. The van der Waals surface area contributed by atoms with E-state index in [1.165, 1.54) is 22.3 Å². The molecule has 0 aromatic heterocycles. The van der Waals surface area contributed by atoms with Crippen LogP contribution in [0.15, 0.2) is 48.5 Å². The van der Waals surface area contributed by atoms with Crippen LogP contribution >= 0.6 is 0 Å². The van der Waals surface area contributed by atoms with Gasteiger partial charge in [0.2, 0.25) is 0 Å². The first-order valence-electron chi connectivity index (χ1n) is 8.16. The molecule has 24 heavy (non-hydrogen) atoms. The monoisotopic (exact) mass is 326 g/mol. The highest BCUT2D eigenvalue weighted by molar-refractivity contribution is 5.79. The quantitative estimate of drug-likeness (QED) is 0.606. The summed E-state index contributed by atoms with van der Waals surface area (Å²) in [6.45, 7) is 1.57. The van der Waals surface area contributed by atoms with Gasteiger partial charge in [-0.3, -0.25) is 0 Å². The fraction of sp³-hybridized carbons (Fsp3) is 0.316. The van der Waals surface area contributed by atoms with Crippen LogP contribution < -0.4 is 10.8 Å². The van der Waals surface area contributed by atoms with E-state index in [2.05, 4.69) is 35.1 Å². The molecule has 0 heterocycles. The molecular formula is C19H22N2O3. The number of nitrogens with one attached hydrogen (secondary N) is 2. The second kappa shape index (κ2) is 7.95. The van der Waals surface area contributed by atoms with Gasteiger partial charge in [0.15, 0.2) is 0 Å². The summed E-state index contributed by atoms with van der Waals surface area (Å²) in [6.07, 6.45) is 0.396. The molecule has 0 atom stereocenters. The fourth-order valence-electron chi connectivity index (χ4n) is 3.10. The van der Waals surface area contributed by atoms with Gasteiger partial charge in [0.05, 0.1) is 7.11 Å². The van der Waals surface area contributed by atoms with Gasteiger partial charge in [-0.05, 0) is 28.7 Å². The van der Waals surface area contributed by atoms with Crippen molar-refractivity contribution < 1.29 is 14.4 Å². The lowest BCUT2D eigenvalue weighted by Gasteiger charge is -2.14. The maximum Gasteiger partial charge on any atom is 0.407 e. The molecule has 2 aromatic rings. The van der Waals surface area contributed by atoms with E-state index >= 15 is 0 Å². The Labute approximate surface area is 141 Å². The number of carbonyl (C=O) groups is 1. The van der Waals surface area contributed by atoms with Crippen molar-refractivity contribution in [3.05, 3.63) is 59.7 Å². The summed E-state index contributed by atoms with van der Waals surface area (Å²) in [4.78, 5) is 16.6. The summed E-state index contributed by atoms with van der Waals surface area (Å²) >= 11 is 0. The predicted molar refractivity (Wildman–Crippen MR) is 92.7 cm³/mol. The molecule has 0 spiro atoms. The standard InChI is InChI=1S/C19H22N2O3/c1-23-21-12-6-11-20-19(22)24-13-18-16-9-4-2-7-14(16)15-8-3-5-10-17(15)18/h2-5,7-10,18,21H,6,11-13H2,1H3,(H,20,22). The van der Waals surface area contributed by atoms with Crippen LogP contribution in [0, 0.1) is 0 Å². The molecule has 0 aliphatic heterocycles. The third kappa shape index (κ3) is 3.58. The van der Waals surface area contributed by atoms with Crippen LogP contribution in [-0.2, 0) is 9.57 Å². The number of carbonyl (C=O) groups excluding carboxylic acids is 1. The van der Waals surface area contributed by atoms with Crippen LogP contribution in [0.2, 0.25) is 0 Å². The summed E-state index contributed by atoms with van der Waals surface area (Å²) in [5.74, 6) is 0.0957. The van der Waals surface area contributed by atoms with Crippen LogP contribution in [-0.4, -0.2) is 32.9 Å². The van der Waals surface area contributed by atoms with E-state index in [9.17, 15) is 4.79 Å². The minimum Gasteiger partial charge on any atom is -0.449 e. The molecule has 0 fully saturated rings. The average Bonchev–Trinajstić information content (AvgIpc) is 2.94. The summed E-state index contributed by atoms with van der Waals surface area (Å²) in [5.41, 5.74) is 7.62. The molecule has 0 saturated heterocycles. The Bertz CT molecular complexity index is 657. The van der Waals surface area contributed by atoms with Crippen molar-refractivity contribution in [3.63, 3.8) is 0 Å². The van der Waals surface area contributed by atoms with Crippen LogP contribution in [0.5, 0.6) is 0 Å². The molecule has 0 saturated carbocycles. The largest absolute Gasteiger partial charge is 0.449 e. The second-order valence-electron chi connectivity index (χ2n) is 5.70. The van der Waals surface area contributed by atoms with Gasteiger partial charge < -0.3 is 14.9 Å². The molecule has 1 aliphatic carbocycles. The van der Waals surface area contributed by atoms with Gasteiger partial charge >= 0.3 is 6.09 Å². The second-order valence-corrected chi connectivity index (χ2v) is 5.70. The van der Waals surface area contributed by atoms with E-state index in [0.29, 0.717) is 19.7 Å². The maximum absolute atomic E-state index is 11.9.